The largest absolute Gasteiger partial charge is 0.494 e. The molecule has 2 bridgehead atoms. The van der Waals surface area contributed by atoms with E-state index in [0.29, 0.717) is 23.8 Å². The van der Waals surface area contributed by atoms with Gasteiger partial charge in [-0.25, -0.2) is 9.31 Å². The summed E-state index contributed by atoms with van der Waals surface area (Å²) in [5, 5.41) is 9.29. The smallest absolute Gasteiger partial charge is 0.407 e. The molecule has 2 amide bonds. The molecular formula is C33H38BrN5O4. The minimum Gasteiger partial charge on any atom is -0.494 e. The zero-order valence-electron chi connectivity index (χ0n) is 25.3. The summed E-state index contributed by atoms with van der Waals surface area (Å²) in [6.07, 6.45) is 5.72. The van der Waals surface area contributed by atoms with Gasteiger partial charge in [0, 0.05) is 40.2 Å². The predicted molar refractivity (Wildman–Crippen MR) is 169 cm³/mol. The van der Waals surface area contributed by atoms with Crippen molar-refractivity contribution in [2.24, 2.45) is 11.8 Å². The second-order valence-corrected chi connectivity index (χ2v) is 14.3. The molecule has 43 heavy (non-hydrogen) atoms. The lowest BCUT2D eigenvalue weighted by Crippen LogP contribution is -2.46. The van der Waals surface area contributed by atoms with Crippen molar-refractivity contribution in [1.82, 2.24) is 24.4 Å². The number of aromatic nitrogens is 3. The first-order valence-electron chi connectivity index (χ1n) is 15.2. The Morgan fingerprint density at radius 1 is 1.12 bits per heavy atom. The summed E-state index contributed by atoms with van der Waals surface area (Å²) in [7, 11) is 1.63. The summed E-state index contributed by atoms with van der Waals surface area (Å²) >= 11 is 3.65. The lowest BCUT2D eigenvalue weighted by molar-refractivity contribution is 0.0485. The van der Waals surface area contributed by atoms with E-state index in [-0.39, 0.29) is 23.9 Å². The standard InChI is InChI=1S/C33H38BrN5O4/c1-18-28(26-12-20-8-10-23(34)14-25(20)37(26)15-19-6-7-19)36-39-17-22(13-27(42-5)30(18)39)31(40)38-16-21-9-11-24(38)29(21)35-32(41)43-33(2,3)4/h8,10,12-14,17,19,21,24,29H,6-7,9,11,15-16H2,1-5H3,(H,35,41)/t21?,24?,29-/m1/s1. The Kier molecular flexibility index (Phi) is 6.76. The number of likely N-dealkylation sites (tertiary alicyclic amines) is 1. The van der Waals surface area contributed by atoms with E-state index >= 15 is 0 Å². The number of alkyl carbamates (subject to hydrolysis) is 1. The molecule has 1 aliphatic heterocycles. The molecule has 3 aromatic heterocycles. The summed E-state index contributed by atoms with van der Waals surface area (Å²) in [5.74, 6) is 1.43. The van der Waals surface area contributed by atoms with E-state index in [4.69, 9.17) is 14.6 Å². The minimum atomic E-state index is -0.576. The van der Waals surface area contributed by atoms with E-state index in [1.54, 1.807) is 11.6 Å². The van der Waals surface area contributed by atoms with Crippen LogP contribution < -0.4 is 10.1 Å². The molecule has 2 aliphatic carbocycles. The Morgan fingerprint density at radius 2 is 1.91 bits per heavy atom. The van der Waals surface area contributed by atoms with Crippen molar-refractivity contribution in [3.63, 3.8) is 0 Å². The SMILES string of the molecule is COc1cc(C(=O)N2CC3CCC2[C@@H]3NC(=O)OC(C)(C)C)cn2nc(-c3cc4ccc(Br)cc4n3CC3CC3)c(C)c12. The van der Waals surface area contributed by atoms with Crippen LogP contribution in [0.1, 0.15) is 62.4 Å². The number of pyridine rings is 1. The number of methoxy groups -OCH3 is 1. The molecule has 3 atom stereocenters. The number of benzene rings is 1. The first-order valence-corrected chi connectivity index (χ1v) is 16.0. The zero-order chi connectivity index (χ0) is 30.2. The highest BCUT2D eigenvalue weighted by Crippen LogP contribution is 2.41. The van der Waals surface area contributed by atoms with Gasteiger partial charge in [0.25, 0.3) is 5.91 Å². The molecular weight excluding hydrogens is 610 g/mol. The molecule has 3 aliphatic rings. The molecule has 1 saturated heterocycles. The van der Waals surface area contributed by atoms with Gasteiger partial charge in [-0.3, -0.25) is 4.79 Å². The Balaban J connectivity index is 1.23. The van der Waals surface area contributed by atoms with Crippen LogP contribution in [-0.4, -0.2) is 62.4 Å². The number of nitrogens with zero attached hydrogens (tertiary/aromatic N) is 4. The van der Waals surface area contributed by atoms with Gasteiger partial charge in [0.05, 0.1) is 30.5 Å². The van der Waals surface area contributed by atoms with Crippen LogP contribution in [-0.2, 0) is 11.3 Å². The van der Waals surface area contributed by atoms with Crippen LogP contribution >= 0.6 is 15.9 Å². The summed E-state index contributed by atoms with van der Waals surface area (Å²) in [5.41, 5.74) is 4.95. The second kappa shape index (κ2) is 10.3. The second-order valence-electron chi connectivity index (χ2n) is 13.4. The number of amides is 2. The maximum atomic E-state index is 14.0. The van der Waals surface area contributed by atoms with Crippen molar-refractivity contribution in [2.75, 3.05) is 13.7 Å². The average Bonchev–Trinajstić information content (AvgIpc) is 3.31. The Hall–Kier alpha value is -3.53. The molecule has 1 N–H and O–H groups in total. The molecule has 10 heteroatoms. The zero-order valence-corrected chi connectivity index (χ0v) is 26.9. The van der Waals surface area contributed by atoms with Gasteiger partial charge in [0.1, 0.15) is 22.6 Å². The van der Waals surface area contributed by atoms with E-state index in [2.05, 4.69) is 57.0 Å². The fourth-order valence-electron chi connectivity index (χ4n) is 7.04. The van der Waals surface area contributed by atoms with Gasteiger partial charge >= 0.3 is 6.09 Å². The minimum absolute atomic E-state index is 0.0703. The first-order chi connectivity index (χ1) is 20.5. The van der Waals surface area contributed by atoms with E-state index < -0.39 is 11.7 Å². The van der Waals surface area contributed by atoms with Gasteiger partial charge in [-0.1, -0.05) is 22.0 Å². The molecule has 0 spiro atoms. The normalized spacial score (nSPS) is 21.6. The van der Waals surface area contributed by atoms with E-state index in [9.17, 15) is 9.59 Å². The number of ether oxygens (including phenoxy) is 2. The monoisotopic (exact) mass is 647 g/mol. The third-order valence-corrected chi connectivity index (χ3v) is 9.67. The quantitative estimate of drug-likeness (QED) is 0.256. The van der Waals surface area contributed by atoms with Crippen molar-refractivity contribution < 1.29 is 19.1 Å². The van der Waals surface area contributed by atoms with E-state index in [1.807, 2.05) is 37.9 Å². The van der Waals surface area contributed by atoms with Gasteiger partial charge in [0.2, 0.25) is 0 Å². The van der Waals surface area contributed by atoms with Gasteiger partial charge in [-0.2, -0.15) is 5.10 Å². The number of fused-ring (bicyclic) bond motifs is 4. The maximum absolute atomic E-state index is 14.0. The number of nitrogens with one attached hydrogen (secondary N) is 1. The molecule has 9 nitrogen and oxygen atoms in total. The Morgan fingerprint density at radius 3 is 2.63 bits per heavy atom. The molecule has 4 heterocycles. The third kappa shape index (κ3) is 5.07. The van der Waals surface area contributed by atoms with Crippen LogP contribution in [0.15, 0.2) is 41.0 Å². The molecule has 4 aromatic rings. The van der Waals surface area contributed by atoms with Gasteiger partial charge in [-0.05, 0) is 89.5 Å². The molecule has 2 unspecified atom stereocenters. The summed E-state index contributed by atoms with van der Waals surface area (Å²) < 4.78 is 16.6. The number of hydrogen-bond donors (Lipinski definition) is 1. The van der Waals surface area contributed by atoms with Gasteiger partial charge < -0.3 is 24.3 Å². The first kappa shape index (κ1) is 28.3. The molecule has 3 fully saturated rings. The summed E-state index contributed by atoms with van der Waals surface area (Å²) in [4.78, 5) is 28.4. The van der Waals surface area contributed by atoms with Crippen molar-refractivity contribution in [3.05, 3.63) is 52.1 Å². The highest BCUT2D eigenvalue weighted by atomic mass is 79.9. The van der Waals surface area contributed by atoms with Crippen molar-refractivity contribution in [2.45, 2.75) is 77.6 Å². The van der Waals surface area contributed by atoms with Crippen molar-refractivity contribution in [3.8, 4) is 17.1 Å². The maximum Gasteiger partial charge on any atom is 0.407 e. The van der Waals surface area contributed by atoms with Gasteiger partial charge in [-0.15, -0.1) is 0 Å². The number of halogens is 1. The van der Waals surface area contributed by atoms with Crippen LogP contribution in [0.4, 0.5) is 4.79 Å². The van der Waals surface area contributed by atoms with Crippen LogP contribution in [0, 0.1) is 18.8 Å². The Bertz CT molecular complexity index is 1760. The Labute approximate surface area is 259 Å². The number of carbonyl (C=O) groups excluding carboxylic acids is 2. The van der Waals surface area contributed by atoms with Crippen LogP contribution in [0.2, 0.25) is 0 Å². The number of carbonyl (C=O) groups is 2. The molecule has 1 aromatic carbocycles. The fraction of sp³-hybridized carbons (Fsp3) is 0.485. The number of aryl methyl sites for hydroxylation is 1. The highest BCUT2D eigenvalue weighted by Gasteiger charge is 2.50. The van der Waals surface area contributed by atoms with Crippen molar-refractivity contribution >= 4 is 44.3 Å². The lowest BCUT2D eigenvalue weighted by atomic mass is 10.1. The summed E-state index contributed by atoms with van der Waals surface area (Å²) in [6.45, 7) is 9.18. The van der Waals surface area contributed by atoms with Crippen molar-refractivity contribution in [1.29, 1.82) is 0 Å². The van der Waals surface area contributed by atoms with Crippen LogP contribution in [0.3, 0.4) is 0 Å². The molecule has 226 valence electrons. The topological polar surface area (TPSA) is 90.1 Å². The van der Waals surface area contributed by atoms with Gasteiger partial charge in [0.15, 0.2) is 0 Å². The highest BCUT2D eigenvalue weighted by molar-refractivity contribution is 9.10. The third-order valence-electron chi connectivity index (χ3n) is 9.17. The molecule has 7 rings (SSSR count). The van der Waals surface area contributed by atoms with Crippen LogP contribution in [0.25, 0.3) is 27.8 Å². The van der Waals surface area contributed by atoms with E-state index in [0.717, 1.165) is 46.3 Å². The number of piperidine rings is 1. The number of hydrogen-bond acceptors (Lipinski definition) is 5. The van der Waals surface area contributed by atoms with Crippen LogP contribution in [0.5, 0.6) is 5.75 Å². The summed E-state index contributed by atoms with van der Waals surface area (Å²) in [6, 6.07) is 10.3. The average molecular weight is 649 g/mol. The van der Waals surface area contributed by atoms with E-state index in [1.165, 1.54) is 23.7 Å². The molecule has 0 radical (unpaired) electrons. The fourth-order valence-corrected chi connectivity index (χ4v) is 7.39. The number of rotatable bonds is 6. The lowest BCUT2D eigenvalue weighted by Gasteiger charge is -2.28. The predicted octanol–water partition coefficient (Wildman–Crippen LogP) is 6.57. The molecule has 2 saturated carbocycles.